The fourth-order valence-electron chi connectivity index (χ4n) is 3.18. The number of hydroxylamine groups is 1. The van der Waals surface area contributed by atoms with E-state index in [4.69, 9.17) is 16.4 Å². The van der Waals surface area contributed by atoms with Gasteiger partial charge in [-0.1, -0.05) is 11.6 Å². The van der Waals surface area contributed by atoms with Gasteiger partial charge in [0, 0.05) is 29.9 Å². The number of aromatic nitrogens is 1. The maximum Gasteiger partial charge on any atom is 0.278 e. The zero-order valence-electron chi connectivity index (χ0n) is 16.1. The van der Waals surface area contributed by atoms with Crippen LogP contribution in [0.3, 0.4) is 0 Å². The first-order chi connectivity index (χ1) is 13.6. The van der Waals surface area contributed by atoms with Crippen LogP contribution in [0.1, 0.15) is 36.5 Å². The first-order valence-electron chi connectivity index (χ1n) is 9.40. The quantitative estimate of drug-likeness (QED) is 0.378. The van der Waals surface area contributed by atoms with Crippen molar-refractivity contribution in [3.63, 3.8) is 0 Å². The largest absolute Gasteiger partial charge is 0.372 e. The first kappa shape index (κ1) is 20.8. The number of piperidine rings is 1. The van der Waals surface area contributed by atoms with Crippen molar-refractivity contribution in [1.82, 2.24) is 10.5 Å². The average molecular weight is 421 g/mol. The smallest absolute Gasteiger partial charge is 0.278 e. The summed E-state index contributed by atoms with van der Waals surface area (Å²) in [6.45, 7) is 4.38. The van der Waals surface area contributed by atoms with Crippen LogP contribution in [0.25, 0.3) is 0 Å². The van der Waals surface area contributed by atoms with Gasteiger partial charge in [-0.3, -0.25) is 9.63 Å². The van der Waals surface area contributed by atoms with Crippen LogP contribution in [0.5, 0.6) is 0 Å². The van der Waals surface area contributed by atoms with Crippen molar-refractivity contribution < 1.29 is 9.63 Å². The fraction of sp³-hybridized carbons (Fsp3) is 0.400. The number of nitrogens with one attached hydrogen (secondary N) is 2. The Kier molecular flexibility index (Phi) is 7.42. The van der Waals surface area contributed by atoms with Crippen molar-refractivity contribution in [2.24, 2.45) is 0 Å². The normalized spacial score (nSPS) is 14.0. The van der Waals surface area contributed by atoms with Crippen LogP contribution >= 0.6 is 23.4 Å². The van der Waals surface area contributed by atoms with Crippen LogP contribution in [0.2, 0.25) is 5.15 Å². The van der Waals surface area contributed by atoms with E-state index in [9.17, 15) is 4.79 Å². The predicted molar refractivity (Wildman–Crippen MR) is 116 cm³/mol. The second-order valence-electron chi connectivity index (χ2n) is 6.47. The molecule has 0 unspecified atom stereocenters. The molecule has 150 valence electrons. The molecule has 0 bridgehead atoms. The standard InChI is InChI=1S/C20H25ClN4O2S/c1-3-27-24-20(26)15-13-22-19(21)12-17(15)23-16-8-7-14(11-18(16)28-2)25-9-5-4-6-10-25/h7-8,11-13H,3-6,9-10H2,1-2H3,(H,22,23)(H,24,26). The third-order valence-corrected chi connectivity index (χ3v) is 5.58. The van der Waals surface area contributed by atoms with Crippen molar-refractivity contribution >= 4 is 46.3 Å². The second-order valence-corrected chi connectivity index (χ2v) is 7.71. The molecule has 28 heavy (non-hydrogen) atoms. The Morgan fingerprint density at radius 2 is 2.04 bits per heavy atom. The highest BCUT2D eigenvalue weighted by atomic mass is 35.5. The molecular formula is C20H25ClN4O2S. The number of pyridine rings is 1. The van der Waals surface area contributed by atoms with E-state index in [-0.39, 0.29) is 5.91 Å². The van der Waals surface area contributed by atoms with Crippen LogP contribution in [0, 0.1) is 0 Å². The molecule has 2 aromatic rings. The van der Waals surface area contributed by atoms with E-state index >= 15 is 0 Å². The summed E-state index contributed by atoms with van der Waals surface area (Å²) >= 11 is 7.73. The third kappa shape index (κ3) is 5.10. The lowest BCUT2D eigenvalue weighted by Gasteiger charge is -2.29. The van der Waals surface area contributed by atoms with Gasteiger partial charge in [0.2, 0.25) is 0 Å². The molecule has 1 aliphatic heterocycles. The lowest BCUT2D eigenvalue weighted by molar-refractivity contribution is 0.0365. The number of benzene rings is 1. The Morgan fingerprint density at radius 3 is 2.75 bits per heavy atom. The number of anilines is 3. The molecule has 0 aliphatic carbocycles. The second kappa shape index (κ2) is 10.0. The molecule has 1 amide bonds. The third-order valence-electron chi connectivity index (χ3n) is 4.60. The highest BCUT2D eigenvalue weighted by molar-refractivity contribution is 7.98. The van der Waals surface area contributed by atoms with Crippen LogP contribution < -0.4 is 15.7 Å². The minimum absolute atomic E-state index is 0.311. The fourth-order valence-corrected chi connectivity index (χ4v) is 3.92. The Hall–Kier alpha value is -1.96. The van der Waals surface area contributed by atoms with Gasteiger partial charge in [-0.05, 0) is 56.7 Å². The SMILES string of the molecule is CCONC(=O)c1cnc(Cl)cc1Nc1ccc(N2CCCCC2)cc1SC. The van der Waals surface area contributed by atoms with Gasteiger partial charge in [0.25, 0.3) is 5.91 Å². The van der Waals surface area contributed by atoms with Gasteiger partial charge in [0.1, 0.15) is 5.15 Å². The summed E-state index contributed by atoms with van der Waals surface area (Å²) in [7, 11) is 0. The van der Waals surface area contributed by atoms with Crippen LogP contribution in [0.4, 0.5) is 17.1 Å². The summed E-state index contributed by atoms with van der Waals surface area (Å²) in [4.78, 5) is 24.9. The molecule has 1 saturated heterocycles. The number of hydrogen-bond donors (Lipinski definition) is 2. The minimum atomic E-state index is -0.371. The maximum atomic E-state index is 12.4. The van der Waals surface area contributed by atoms with Gasteiger partial charge in [-0.2, -0.15) is 0 Å². The van der Waals surface area contributed by atoms with Gasteiger partial charge in [0.15, 0.2) is 0 Å². The highest BCUT2D eigenvalue weighted by Crippen LogP contribution is 2.34. The molecule has 2 heterocycles. The zero-order chi connectivity index (χ0) is 19.9. The van der Waals surface area contributed by atoms with E-state index in [0.29, 0.717) is 23.0 Å². The molecule has 8 heteroatoms. The number of carbonyl (C=O) groups excluding carboxylic acids is 1. The average Bonchev–Trinajstić information content (AvgIpc) is 2.73. The van der Waals surface area contributed by atoms with Gasteiger partial charge in [-0.15, -0.1) is 11.8 Å². The van der Waals surface area contributed by atoms with Gasteiger partial charge < -0.3 is 10.2 Å². The van der Waals surface area contributed by atoms with Crippen molar-refractivity contribution in [2.75, 3.05) is 36.2 Å². The lowest BCUT2D eigenvalue weighted by Crippen LogP contribution is -2.29. The Bertz CT molecular complexity index is 828. The van der Waals surface area contributed by atoms with E-state index in [2.05, 4.69) is 32.8 Å². The highest BCUT2D eigenvalue weighted by Gasteiger charge is 2.16. The van der Waals surface area contributed by atoms with Crippen molar-refractivity contribution in [1.29, 1.82) is 0 Å². The summed E-state index contributed by atoms with van der Waals surface area (Å²) in [6.07, 6.45) is 7.27. The molecule has 1 fully saturated rings. The minimum Gasteiger partial charge on any atom is -0.372 e. The molecule has 1 aliphatic rings. The predicted octanol–water partition coefficient (Wildman–Crippen LogP) is 4.87. The molecule has 0 atom stereocenters. The van der Waals surface area contributed by atoms with Crippen molar-refractivity contribution in [3.8, 4) is 0 Å². The van der Waals surface area contributed by atoms with E-state index in [1.54, 1.807) is 24.8 Å². The summed E-state index contributed by atoms with van der Waals surface area (Å²) in [6, 6.07) is 8.01. The number of halogens is 1. The number of thioether (sulfide) groups is 1. The topological polar surface area (TPSA) is 66.5 Å². The van der Waals surface area contributed by atoms with Crippen LogP contribution in [-0.2, 0) is 4.84 Å². The zero-order valence-corrected chi connectivity index (χ0v) is 17.7. The molecule has 0 saturated carbocycles. The van der Waals surface area contributed by atoms with Crippen LogP contribution in [-0.4, -0.2) is 36.8 Å². The number of amides is 1. The van der Waals surface area contributed by atoms with Gasteiger partial charge in [0.05, 0.1) is 23.5 Å². The summed E-state index contributed by atoms with van der Waals surface area (Å²) in [5, 5.41) is 3.65. The van der Waals surface area contributed by atoms with Gasteiger partial charge >= 0.3 is 0 Å². The van der Waals surface area contributed by atoms with E-state index in [1.807, 2.05) is 12.3 Å². The monoisotopic (exact) mass is 420 g/mol. The number of nitrogens with zero attached hydrogens (tertiary/aromatic N) is 2. The van der Waals surface area contributed by atoms with E-state index in [0.717, 1.165) is 23.7 Å². The maximum absolute atomic E-state index is 12.4. The number of carbonyl (C=O) groups is 1. The molecule has 6 nitrogen and oxygen atoms in total. The first-order valence-corrected chi connectivity index (χ1v) is 11.0. The molecule has 1 aromatic heterocycles. The lowest BCUT2D eigenvalue weighted by atomic mass is 10.1. The molecule has 2 N–H and O–H groups in total. The Labute approximate surface area is 175 Å². The summed E-state index contributed by atoms with van der Waals surface area (Å²) < 4.78 is 0. The van der Waals surface area contributed by atoms with E-state index in [1.165, 1.54) is 31.1 Å². The Balaban J connectivity index is 1.86. The van der Waals surface area contributed by atoms with Crippen LogP contribution in [0.15, 0.2) is 35.4 Å². The Morgan fingerprint density at radius 1 is 1.25 bits per heavy atom. The number of rotatable bonds is 7. The molecule has 0 spiro atoms. The number of hydrogen-bond acceptors (Lipinski definition) is 6. The summed E-state index contributed by atoms with van der Waals surface area (Å²) in [5.74, 6) is -0.371. The summed E-state index contributed by atoms with van der Waals surface area (Å²) in [5.41, 5.74) is 5.50. The van der Waals surface area contributed by atoms with E-state index < -0.39 is 0 Å². The molecule has 0 radical (unpaired) electrons. The van der Waals surface area contributed by atoms with Crippen molar-refractivity contribution in [2.45, 2.75) is 31.1 Å². The molecular weight excluding hydrogens is 396 g/mol. The van der Waals surface area contributed by atoms with Gasteiger partial charge in [-0.25, -0.2) is 10.5 Å². The van der Waals surface area contributed by atoms with Crippen molar-refractivity contribution in [3.05, 3.63) is 41.2 Å². The molecule has 3 rings (SSSR count). The molecule has 1 aromatic carbocycles.